The third-order valence-electron chi connectivity index (χ3n) is 5.99. The quantitative estimate of drug-likeness (QED) is 0.560. The van der Waals surface area contributed by atoms with E-state index < -0.39 is 6.15 Å². The molecule has 0 N–H and O–H groups in total. The van der Waals surface area contributed by atoms with Crippen LogP contribution in [-0.2, 0) is 0 Å². The summed E-state index contributed by atoms with van der Waals surface area (Å²) >= 11 is 0. The van der Waals surface area contributed by atoms with Crippen LogP contribution in [-0.4, -0.2) is 6.15 Å². The lowest BCUT2D eigenvalue weighted by molar-refractivity contribution is 0.506. The highest BCUT2D eigenvalue weighted by Crippen LogP contribution is 2.49. The molecule has 0 aliphatic carbocycles. The molecule has 106 valence electrons. The third kappa shape index (κ3) is 3.11. The van der Waals surface area contributed by atoms with Gasteiger partial charge in [0.25, 0.3) is 0 Å². The normalized spacial score (nSPS) is 20.6. The van der Waals surface area contributed by atoms with Crippen molar-refractivity contribution in [3.8, 4) is 5.97 Å². The van der Waals surface area contributed by atoms with Crippen LogP contribution in [0.5, 0.6) is 0 Å². The molecule has 3 unspecified atom stereocenters. The van der Waals surface area contributed by atoms with E-state index in [9.17, 15) is 5.26 Å². The molecule has 0 saturated carbocycles. The minimum Gasteiger partial charge on any atom is -0.250 e. The number of hydrogen-bond donors (Lipinski definition) is 0. The Morgan fingerprint density at radius 2 is 0.833 bits per heavy atom. The molecule has 0 radical (unpaired) electrons. The summed E-state index contributed by atoms with van der Waals surface area (Å²) in [6, 6.07) is 0. The molecule has 0 aromatic rings. The van der Waals surface area contributed by atoms with E-state index in [-0.39, 0.29) is 0 Å². The number of hydrogen-bond acceptors (Lipinski definition) is 1. The largest absolute Gasteiger partial charge is 0.250 e. The van der Waals surface area contributed by atoms with Crippen molar-refractivity contribution in [2.45, 2.75) is 79.8 Å². The molecule has 3 atom stereocenters. The molecule has 0 amide bonds. The van der Waals surface area contributed by atoms with Crippen molar-refractivity contribution in [2.75, 3.05) is 0 Å². The summed E-state index contributed by atoms with van der Waals surface area (Å²) in [7, 11) is 0. The zero-order chi connectivity index (χ0) is 14.7. The summed E-state index contributed by atoms with van der Waals surface area (Å²) in [6.07, 6.45) is -1.000. The summed E-state index contributed by atoms with van der Waals surface area (Å²) < 4.78 is 0. The number of nitriles is 1. The van der Waals surface area contributed by atoms with Crippen LogP contribution >= 0.6 is 0 Å². The van der Waals surface area contributed by atoms with Gasteiger partial charge in [-0.1, -0.05) is 80.1 Å². The van der Waals surface area contributed by atoms with E-state index >= 15 is 0 Å². The van der Waals surface area contributed by atoms with E-state index in [1.54, 1.807) is 0 Å². The van der Waals surface area contributed by atoms with Crippen LogP contribution in [0.25, 0.3) is 0 Å². The van der Waals surface area contributed by atoms with Crippen molar-refractivity contribution in [1.29, 1.82) is 5.26 Å². The van der Waals surface area contributed by atoms with Gasteiger partial charge in [0.15, 0.2) is 0 Å². The summed E-state index contributed by atoms with van der Waals surface area (Å²) in [5, 5.41) is 10.0. The molecule has 0 rings (SSSR count). The fraction of sp³-hybridized carbons (Fsp3) is 0.938. The van der Waals surface area contributed by atoms with Gasteiger partial charge in [0.05, 0.1) is 0 Å². The first kappa shape index (κ1) is 17.6. The summed E-state index contributed by atoms with van der Waals surface area (Å²) in [6.45, 7) is 20.5. The molecule has 0 aromatic heterocycles. The minimum absolute atomic E-state index is 0.491. The predicted molar refractivity (Wildman–Crippen MR) is 84.2 cm³/mol. The molecular formula is C16H33BN-. The lowest BCUT2D eigenvalue weighted by Gasteiger charge is -2.53. The molecule has 0 heterocycles. The van der Waals surface area contributed by atoms with Gasteiger partial charge in [-0.2, -0.15) is 23.4 Å². The van der Waals surface area contributed by atoms with Crippen molar-refractivity contribution in [3.63, 3.8) is 0 Å². The average Bonchev–Trinajstić information content (AvgIpc) is 2.29. The van der Waals surface area contributed by atoms with Crippen LogP contribution in [0.15, 0.2) is 0 Å². The van der Waals surface area contributed by atoms with E-state index in [2.05, 4.69) is 68.3 Å². The molecule has 18 heavy (non-hydrogen) atoms. The lowest BCUT2D eigenvalue weighted by Crippen LogP contribution is -2.50. The maximum Gasteiger partial charge on any atom is 0.113 e. The highest BCUT2D eigenvalue weighted by molar-refractivity contribution is 6.90. The Balaban J connectivity index is 5.71. The minimum atomic E-state index is -1.000. The number of nitrogens with zero attached hydrogens (tertiary/aromatic N) is 1. The van der Waals surface area contributed by atoms with E-state index in [1.807, 2.05) is 0 Å². The van der Waals surface area contributed by atoms with Crippen LogP contribution in [0.3, 0.4) is 0 Å². The molecular weight excluding hydrogens is 217 g/mol. The van der Waals surface area contributed by atoms with Crippen molar-refractivity contribution in [3.05, 3.63) is 0 Å². The predicted octanol–water partition coefficient (Wildman–Crippen LogP) is 5.64. The van der Waals surface area contributed by atoms with Gasteiger partial charge in [-0.15, -0.1) is 0 Å². The van der Waals surface area contributed by atoms with Gasteiger partial charge in [-0.05, 0) is 0 Å². The van der Waals surface area contributed by atoms with Crippen LogP contribution in [0.2, 0.25) is 17.5 Å². The molecule has 0 aliphatic heterocycles. The second kappa shape index (κ2) is 6.64. The second-order valence-electron chi connectivity index (χ2n) is 7.52. The topological polar surface area (TPSA) is 23.8 Å². The highest BCUT2D eigenvalue weighted by Gasteiger charge is 2.43. The van der Waals surface area contributed by atoms with Crippen LogP contribution in [0.1, 0.15) is 62.3 Å². The number of rotatable bonds is 6. The maximum absolute atomic E-state index is 10.0. The Labute approximate surface area is 115 Å². The van der Waals surface area contributed by atoms with Crippen LogP contribution in [0.4, 0.5) is 0 Å². The standard InChI is InChI=1S/C16H33BN/c1-11(2)14(7)17(10-18,15(8)12(3)4)16(9)13(5)6/h11-16H,1-9H3/q-1. The van der Waals surface area contributed by atoms with Gasteiger partial charge in [-0.3, -0.25) is 0 Å². The SMILES string of the molecule is CC(C)C(C)[B-](C#N)(C(C)C(C)C)C(C)C(C)C. The zero-order valence-corrected chi connectivity index (χ0v) is 14.0. The van der Waals surface area contributed by atoms with Crippen molar-refractivity contribution in [1.82, 2.24) is 0 Å². The Hall–Kier alpha value is -0.445. The lowest BCUT2D eigenvalue weighted by atomic mass is 9.07. The van der Waals surface area contributed by atoms with Gasteiger partial charge in [0.1, 0.15) is 6.15 Å². The Morgan fingerprint density at radius 1 is 0.611 bits per heavy atom. The first-order valence-electron chi connectivity index (χ1n) is 7.71. The molecule has 0 spiro atoms. The molecule has 0 aliphatic rings. The monoisotopic (exact) mass is 250 g/mol. The smallest absolute Gasteiger partial charge is 0.113 e. The van der Waals surface area contributed by atoms with Crippen molar-refractivity contribution < 1.29 is 0 Å². The van der Waals surface area contributed by atoms with Crippen molar-refractivity contribution >= 4 is 6.15 Å². The Morgan fingerprint density at radius 3 is 0.944 bits per heavy atom. The fourth-order valence-electron chi connectivity index (χ4n) is 3.70. The van der Waals surface area contributed by atoms with Crippen molar-refractivity contribution in [2.24, 2.45) is 17.8 Å². The maximum atomic E-state index is 10.0. The first-order chi connectivity index (χ1) is 8.12. The fourth-order valence-corrected chi connectivity index (χ4v) is 3.70. The summed E-state index contributed by atoms with van der Waals surface area (Å²) in [4.78, 5) is 0. The molecule has 0 fully saturated rings. The molecule has 0 saturated heterocycles. The molecule has 2 heteroatoms. The van der Waals surface area contributed by atoms with Gasteiger partial charge in [0, 0.05) is 0 Å². The van der Waals surface area contributed by atoms with E-state index in [0.717, 1.165) is 0 Å². The average molecular weight is 250 g/mol. The van der Waals surface area contributed by atoms with E-state index in [4.69, 9.17) is 0 Å². The third-order valence-corrected chi connectivity index (χ3v) is 5.99. The zero-order valence-electron chi connectivity index (χ0n) is 14.0. The van der Waals surface area contributed by atoms with Crippen LogP contribution < -0.4 is 0 Å². The molecule has 0 aromatic carbocycles. The molecule has 1 nitrogen and oxygen atoms in total. The Bertz CT molecular complexity index is 252. The second-order valence-corrected chi connectivity index (χ2v) is 7.52. The Kier molecular flexibility index (Phi) is 6.48. The summed E-state index contributed by atoms with van der Waals surface area (Å²) in [5.41, 5.74) is 0. The van der Waals surface area contributed by atoms with E-state index in [1.165, 1.54) is 0 Å². The van der Waals surface area contributed by atoms with Gasteiger partial charge >= 0.3 is 0 Å². The molecule has 0 bridgehead atoms. The first-order valence-corrected chi connectivity index (χ1v) is 7.71. The van der Waals surface area contributed by atoms with Gasteiger partial charge < -0.3 is 0 Å². The van der Waals surface area contributed by atoms with Crippen LogP contribution in [0, 0.1) is 29.0 Å². The highest BCUT2D eigenvalue weighted by atomic mass is 14.3. The van der Waals surface area contributed by atoms with Gasteiger partial charge in [-0.25, -0.2) is 5.26 Å². The summed E-state index contributed by atoms with van der Waals surface area (Å²) in [5.74, 6) is 6.02. The van der Waals surface area contributed by atoms with E-state index in [0.29, 0.717) is 35.2 Å². The van der Waals surface area contributed by atoms with Gasteiger partial charge in [0.2, 0.25) is 0 Å².